The zero-order chi connectivity index (χ0) is 26.3. The number of anilines is 1. The van der Waals surface area contributed by atoms with Crippen LogP contribution in [0.5, 0.6) is 0 Å². The maximum Gasteiger partial charge on any atom is 0.244 e. The maximum absolute atomic E-state index is 13.7. The number of fused-ring (bicyclic) bond motifs is 1. The summed E-state index contributed by atoms with van der Waals surface area (Å²) in [6, 6.07) is 21.7. The van der Waals surface area contributed by atoms with Gasteiger partial charge in [-0.25, -0.2) is 8.42 Å². The third-order valence-electron chi connectivity index (χ3n) is 6.37. The van der Waals surface area contributed by atoms with E-state index in [0.717, 1.165) is 33.3 Å². The van der Waals surface area contributed by atoms with Crippen molar-refractivity contribution in [3.05, 3.63) is 78.4 Å². The van der Waals surface area contributed by atoms with Crippen molar-refractivity contribution >= 4 is 38.3 Å². The Labute approximate surface area is 214 Å². The lowest BCUT2D eigenvalue weighted by molar-refractivity contribution is -0.139. The van der Waals surface area contributed by atoms with Gasteiger partial charge < -0.3 is 10.2 Å². The van der Waals surface area contributed by atoms with Crippen molar-refractivity contribution in [1.82, 2.24) is 10.2 Å². The number of carbonyl (C=O) groups is 2. The largest absolute Gasteiger partial charge is 0.352 e. The molecule has 0 aliphatic rings. The van der Waals surface area contributed by atoms with Gasteiger partial charge in [-0.3, -0.25) is 13.9 Å². The molecule has 0 saturated carbocycles. The highest BCUT2D eigenvalue weighted by molar-refractivity contribution is 7.92. The van der Waals surface area contributed by atoms with Crippen molar-refractivity contribution in [2.24, 2.45) is 0 Å². The van der Waals surface area contributed by atoms with Crippen molar-refractivity contribution in [2.75, 3.05) is 23.7 Å². The molecule has 0 aliphatic heterocycles. The fourth-order valence-corrected chi connectivity index (χ4v) is 4.92. The fraction of sp³-hybridized carbons (Fsp3) is 0.357. The number of hydrogen-bond donors (Lipinski definition) is 1. The van der Waals surface area contributed by atoms with Gasteiger partial charge in [0.25, 0.3) is 0 Å². The van der Waals surface area contributed by atoms with E-state index in [1.54, 1.807) is 19.1 Å². The fourth-order valence-electron chi connectivity index (χ4n) is 4.06. The van der Waals surface area contributed by atoms with Gasteiger partial charge in [0.1, 0.15) is 12.6 Å². The smallest absolute Gasteiger partial charge is 0.244 e. The van der Waals surface area contributed by atoms with E-state index < -0.39 is 28.5 Å². The molecule has 0 fully saturated rings. The van der Waals surface area contributed by atoms with E-state index in [-0.39, 0.29) is 18.5 Å². The van der Waals surface area contributed by atoms with E-state index in [0.29, 0.717) is 12.1 Å². The molecule has 0 aromatic heterocycles. The van der Waals surface area contributed by atoms with Crippen LogP contribution in [0.15, 0.2) is 72.8 Å². The zero-order valence-electron chi connectivity index (χ0n) is 21.3. The van der Waals surface area contributed by atoms with Gasteiger partial charge in [-0.05, 0) is 43.7 Å². The molecule has 0 unspecified atom stereocenters. The molecule has 0 bridgehead atoms. The molecule has 192 valence electrons. The molecule has 3 aromatic rings. The Balaban J connectivity index is 1.93. The molecule has 8 heteroatoms. The molecule has 1 N–H and O–H groups in total. The van der Waals surface area contributed by atoms with Crippen molar-refractivity contribution < 1.29 is 18.0 Å². The van der Waals surface area contributed by atoms with Crippen LogP contribution in [0.4, 0.5) is 5.69 Å². The average molecular weight is 510 g/mol. The topological polar surface area (TPSA) is 86.8 Å². The lowest BCUT2D eigenvalue weighted by Crippen LogP contribution is -2.53. The van der Waals surface area contributed by atoms with Gasteiger partial charge in [-0.2, -0.15) is 0 Å². The SMILES string of the molecule is CC[C@H](C)NC(=O)[C@H](C)N(CCc1ccccc1)C(=O)CN(c1cccc2ccccc12)S(C)(=O)=O. The van der Waals surface area contributed by atoms with Crippen molar-refractivity contribution in [3.63, 3.8) is 0 Å². The Hall–Kier alpha value is -3.39. The molecule has 0 aliphatic carbocycles. The summed E-state index contributed by atoms with van der Waals surface area (Å²) in [5.41, 5.74) is 1.46. The third-order valence-corrected chi connectivity index (χ3v) is 7.49. The molecule has 2 amide bonds. The van der Waals surface area contributed by atoms with Crippen molar-refractivity contribution in [1.29, 1.82) is 0 Å². The van der Waals surface area contributed by atoms with E-state index in [9.17, 15) is 18.0 Å². The molecule has 0 heterocycles. The Bertz CT molecular complexity index is 1290. The van der Waals surface area contributed by atoms with Crippen molar-refractivity contribution in [2.45, 2.75) is 45.7 Å². The summed E-state index contributed by atoms with van der Waals surface area (Å²) < 4.78 is 26.9. The molecule has 0 saturated heterocycles. The van der Waals surface area contributed by atoms with E-state index >= 15 is 0 Å². The second kappa shape index (κ2) is 12.0. The van der Waals surface area contributed by atoms with Crippen molar-refractivity contribution in [3.8, 4) is 0 Å². The van der Waals surface area contributed by atoms with Crippen LogP contribution in [0.25, 0.3) is 10.8 Å². The van der Waals surface area contributed by atoms with E-state index in [1.807, 2.05) is 74.5 Å². The number of amides is 2. The van der Waals surface area contributed by atoms with Gasteiger partial charge in [0.15, 0.2) is 0 Å². The summed E-state index contributed by atoms with van der Waals surface area (Å²) >= 11 is 0. The summed E-state index contributed by atoms with van der Waals surface area (Å²) in [6.45, 7) is 5.45. The normalized spacial score (nSPS) is 13.1. The molecular weight excluding hydrogens is 474 g/mol. The molecule has 3 aromatic carbocycles. The monoisotopic (exact) mass is 509 g/mol. The predicted octanol–water partition coefficient (Wildman–Crippen LogP) is 3.98. The Kier molecular flexibility index (Phi) is 9.09. The number of carbonyl (C=O) groups excluding carboxylic acids is 2. The number of sulfonamides is 1. The first-order valence-corrected chi connectivity index (χ1v) is 14.1. The molecule has 0 spiro atoms. The number of hydrogen-bond acceptors (Lipinski definition) is 4. The molecular formula is C28H35N3O4S. The Morgan fingerprint density at radius 1 is 0.917 bits per heavy atom. The van der Waals surface area contributed by atoms with Crippen LogP contribution < -0.4 is 9.62 Å². The zero-order valence-corrected chi connectivity index (χ0v) is 22.2. The van der Waals surface area contributed by atoms with Crippen LogP contribution in [-0.2, 0) is 26.0 Å². The second-order valence-corrected chi connectivity index (χ2v) is 11.0. The molecule has 0 radical (unpaired) electrons. The van der Waals surface area contributed by atoms with E-state index in [2.05, 4.69) is 5.32 Å². The summed E-state index contributed by atoms with van der Waals surface area (Å²) in [7, 11) is -3.79. The number of rotatable bonds is 11. The van der Waals surface area contributed by atoms with Crippen LogP contribution in [0.2, 0.25) is 0 Å². The van der Waals surface area contributed by atoms with Gasteiger partial charge in [-0.1, -0.05) is 73.7 Å². The quantitative estimate of drug-likeness (QED) is 0.424. The minimum absolute atomic E-state index is 0.0331. The maximum atomic E-state index is 13.7. The second-order valence-electron chi connectivity index (χ2n) is 9.08. The van der Waals surface area contributed by atoms with Crippen LogP contribution in [-0.4, -0.2) is 56.6 Å². The van der Waals surface area contributed by atoms with Crippen LogP contribution in [0.1, 0.15) is 32.8 Å². The van der Waals surface area contributed by atoms with Gasteiger partial charge in [0.05, 0.1) is 11.9 Å². The number of benzene rings is 3. The van der Waals surface area contributed by atoms with Gasteiger partial charge in [0, 0.05) is 18.0 Å². The van der Waals surface area contributed by atoms with Gasteiger partial charge in [-0.15, -0.1) is 0 Å². The highest BCUT2D eigenvalue weighted by Gasteiger charge is 2.30. The van der Waals surface area contributed by atoms with E-state index in [1.165, 1.54) is 4.90 Å². The molecule has 7 nitrogen and oxygen atoms in total. The highest BCUT2D eigenvalue weighted by atomic mass is 32.2. The first-order chi connectivity index (χ1) is 17.1. The predicted molar refractivity (Wildman–Crippen MR) is 145 cm³/mol. The van der Waals surface area contributed by atoms with Crippen LogP contribution in [0.3, 0.4) is 0 Å². The standard InChI is InChI=1S/C28H35N3O4S/c1-5-21(2)29-28(33)22(3)30(19-18-23-12-7-6-8-13-23)27(32)20-31(36(4,34)35)26-17-11-15-24-14-9-10-16-25(24)26/h6-17,21-22H,5,18-20H2,1-4H3,(H,29,33)/t21-,22-/m0/s1. The average Bonchev–Trinajstić information content (AvgIpc) is 2.86. The highest BCUT2D eigenvalue weighted by Crippen LogP contribution is 2.28. The minimum atomic E-state index is -3.79. The molecule has 2 atom stereocenters. The van der Waals surface area contributed by atoms with Crippen LogP contribution >= 0.6 is 0 Å². The Morgan fingerprint density at radius 3 is 2.22 bits per heavy atom. The first kappa shape index (κ1) is 27.2. The summed E-state index contributed by atoms with van der Waals surface area (Å²) in [5.74, 6) is -0.696. The third kappa shape index (κ3) is 6.85. The summed E-state index contributed by atoms with van der Waals surface area (Å²) in [5, 5.41) is 4.54. The summed E-state index contributed by atoms with van der Waals surface area (Å²) in [6.07, 6.45) is 2.40. The summed E-state index contributed by atoms with van der Waals surface area (Å²) in [4.78, 5) is 28.1. The van der Waals surface area contributed by atoms with Gasteiger partial charge >= 0.3 is 0 Å². The number of nitrogens with one attached hydrogen (secondary N) is 1. The molecule has 3 rings (SSSR count). The van der Waals surface area contributed by atoms with Gasteiger partial charge in [0.2, 0.25) is 21.8 Å². The minimum Gasteiger partial charge on any atom is -0.352 e. The van der Waals surface area contributed by atoms with E-state index in [4.69, 9.17) is 0 Å². The Morgan fingerprint density at radius 2 is 1.56 bits per heavy atom. The van der Waals surface area contributed by atoms with Crippen LogP contribution in [0, 0.1) is 0 Å². The first-order valence-electron chi connectivity index (χ1n) is 12.2. The number of nitrogens with zero attached hydrogens (tertiary/aromatic N) is 2. The lowest BCUT2D eigenvalue weighted by Gasteiger charge is -2.32. The molecule has 36 heavy (non-hydrogen) atoms. The lowest BCUT2D eigenvalue weighted by atomic mass is 10.1.